The highest BCUT2D eigenvalue weighted by molar-refractivity contribution is 7.98. The molecule has 2 aromatic rings. The number of hydrogen-bond donors (Lipinski definition) is 0. The molecule has 0 fully saturated rings. The predicted molar refractivity (Wildman–Crippen MR) is 77.3 cm³/mol. The lowest BCUT2D eigenvalue weighted by Gasteiger charge is -2.07. The SMILES string of the molecule is CSc1ccccc1CCC(=O)c1ccccc1F. The van der Waals surface area contributed by atoms with Crippen LogP contribution in [0.4, 0.5) is 4.39 Å². The Morgan fingerprint density at radius 3 is 2.53 bits per heavy atom. The van der Waals surface area contributed by atoms with Crippen molar-refractivity contribution in [3.05, 3.63) is 65.5 Å². The normalized spacial score (nSPS) is 10.4. The van der Waals surface area contributed by atoms with E-state index in [9.17, 15) is 9.18 Å². The van der Waals surface area contributed by atoms with E-state index < -0.39 is 5.82 Å². The van der Waals surface area contributed by atoms with Crippen LogP contribution in [-0.2, 0) is 6.42 Å². The minimum Gasteiger partial charge on any atom is -0.294 e. The van der Waals surface area contributed by atoms with Crippen LogP contribution in [-0.4, -0.2) is 12.0 Å². The standard InChI is InChI=1S/C16H15FOS/c1-19-16-9-5-2-6-12(16)10-11-15(18)13-7-3-4-8-14(13)17/h2-9H,10-11H2,1H3. The van der Waals surface area contributed by atoms with Crippen LogP contribution in [0.5, 0.6) is 0 Å². The number of ketones is 1. The van der Waals surface area contributed by atoms with E-state index >= 15 is 0 Å². The summed E-state index contributed by atoms with van der Waals surface area (Å²) in [5.74, 6) is -0.584. The molecule has 0 aromatic heterocycles. The fourth-order valence-corrected chi connectivity index (χ4v) is 2.63. The Kier molecular flexibility index (Phi) is 4.74. The molecule has 98 valence electrons. The number of halogens is 1. The summed E-state index contributed by atoms with van der Waals surface area (Å²) in [6, 6.07) is 14.1. The van der Waals surface area contributed by atoms with E-state index in [-0.39, 0.29) is 11.3 Å². The maximum Gasteiger partial charge on any atom is 0.166 e. The molecule has 0 amide bonds. The maximum absolute atomic E-state index is 13.5. The lowest BCUT2D eigenvalue weighted by molar-refractivity contribution is 0.0979. The van der Waals surface area contributed by atoms with Gasteiger partial charge in [-0.25, -0.2) is 4.39 Å². The Morgan fingerprint density at radius 1 is 1.11 bits per heavy atom. The fraction of sp³-hybridized carbons (Fsp3) is 0.188. The lowest BCUT2D eigenvalue weighted by Crippen LogP contribution is -2.04. The van der Waals surface area contributed by atoms with Gasteiger partial charge in [0.2, 0.25) is 0 Å². The van der Waals surface area contributed by atoms with Gasteiger partial charge in [0.15, 0.2) is 5.78 Å². The van der Waals surface area contributed by atoms with E-state index in [1.54, 1.807) is 23.9 Å². The summed E-state index contributed by atoms with van der Waals surface area (Å²) in [5.41, 5.74) is 1.32. The Hall–Kier alpha value is -1.61. The van der Waals surface area contributed by atoms with E-state index in [1.165, 1.54) is 17.0 Å². The zero-order chi connectivity index (χ0) is 13.7. The Bertz CT molecular complexity index is 580. The molecule has 0 heterocycles. The number of carbonyl (C=O) groups is 1. The molecule has 1 nitrogen and oxygen atoms in total. The van der Waals surface area contributed by atoms with E-state index in [0.29, 0.717) is 12.8 Å². The first-order valence-corrected chi connectivity index (χ1v) is 7.34. The van der Waals surface area contributed by atoms with E-state index in [1.807, 2.05) is 30.5 Å². The largest absolute Gasteiger partial charge is 0.294 e. The molecule has 0 saturated heterocycles. The molecule has 0 atom stereocenters. The molecular formula is C16H15FOS. The van der Waals surface area contributed by atoms with Crippen LogP contribution < -0.4 is 0 Å². The Balaban J connectivity index is 2.07. The lowest BCUT2D eigenvalue weighted by atomic mass is 10.0. The highest BCUT2D eigenvalue weighted by Gasteiger charge is 2.11. The van der Waals surface area contributed by atoms with Crippen LogP contribution in [0.2, 0.25) is 0 Å². The molecule has 0 bridgehead atoms. The Labute approximate surface area is 116 Å². The first-order chi connectivity index (χ1) is 9.22. The molecule has 0 aliphatic rings. The molecule has 19 heavy (non-hydrogen) atoms. The van der Waals surface area contributed by atoms with Crippen molar-refractivity contribution in [2.75, 3.05) is 6.26 Å². The van der Waals surface area contributed by atoms with Crippen molar-refractivity contribution in [1.29, 1.82) is 0 Å². The van der Waals surface area contributed by atoms with Gasteiger partial charge in [0.25, 0.3) is 0 Å². The van der Waals surface area contributed by atoms with E-state index in [0.717, 1.165) is 5.56 Å². The topological polar surface area (TPSA) is 17.1 Å². The third-order valence-electron chi connectivity index (χ3n) is 2.99. The van der Waals surface area contributed by atoms with Gasteiger partial charge in [-0.05, 0) is 36.4 Å². The van der Waals surface area contributed by atoms with Crippen LogP contribution in [0.3, 0.4) is 0 Å². The average molecular weight is 274 g/mol. The van der Waals surface area contributed by atoms with Gasteiger partial charge in [-0.3, -0.25) is 4.79 Å². The van der Waals surface area contributed by atoms with Gasteiger partial charge in [-0.15, -0.1) is 11.8 Å². The predicted octanol–water partition coefficient (Wildman–Crippen LogP) is 4.36. The van der Waals surface area contributed by atoms with Crippen molar-refractivity contribution >= 4 is 17.5 Å². The summed E-state index contributed by atoms with van der Waals surface area (Å²) in [6.07, 6.45) is 2.99. The summed E-state index contributed by atoms with van der Waals surface area (Å²) in [7, 11) is 0. The van der Waals surface area contributed by atoms with Crippen LogP contribution in [0.1, 0.15) is 22.3 Å². The Morgan fingerprint density at radius 2 is 1.79 bits per heavy atom. The summed E-state index contributed by atoms with van der Waals surface area (Å²) in [6.45, 7) is 0. The van der Waals surface area contributed by atoms with Gasteiger partial charge in [0, 0.05) is 11.3 Å². The number of hydrogen-bond acceptors (Lipinski definition) is 2. The van der Waals surface area contributed by atoms with Crippen LogP contribution in [0, 0.1) is 5.82 Å². The van der Waals surface area contributed by atoms with Crippen LogP contribution in [0.25, 0.3) is 0 Å². The van der Waals surface area contributed by atoms with Crippen molar-refractivity contribution < 1.29 is 9.18 Å². The zero-order valence-corrected chi connectivity index (χ0v) is 11.5. The summed E-state index contributed by atoms with van der Waals surface area (Å²) in [4.78, 5) is 13.2. The van der Waals surface area contributed by atoms with Gasteiger partial charge in [0.05, 0.1) is 5.56 Å². The minimum absolute atomic E-state index is 0.144. The molecule has 0 radical (unpaired) electrons. The second-order valence-corrected chi connectivity index (χ2v) is 5.06. The highest BCUT2D eigenvalue weighted by Crippen LogP contribution is 2.22. The van der Waals surface area contributed by atoms with Crippen molar-refractivity contribution in [2.24, 2.45) is 0 Å². The third kappa shape index (κ3) is 3.44. The molecule has 0 spiro atoms. The number of Topliss-reactive ketones (excluding diaryl/α,β-unsaturated/α-hetero) is 1. The maximum atomic E-state index is 13.5. The van der Waals surface area contributed by atoms with Gasteiger partial charge in [-0.2, -0.15) is 0 Å². The van der Waals surface area contributed by atoms with Gasteiger partial charge in [-0.1, -0.05) is 30.3 Å². The number of aryl methyl sites for hydroxylation is 1. The number of rotatable bonds is 5. The van der Waals surface area contributed by atoms with Gasteiger partial charge in [0.1, 0.15) is 5.82 Å². The fourth-order valence-electron chi connectivity index (χ4n) is 1.98. The smallest absolute Gasteiger partial charge is 0.166 e. The summed E-state index contributed by atoms with van der Waals surface area (Å²) >= 11 is 1.66. The molecule has 0 N–H and O–H groups in total. The van der Waals surface area contributed by atoms with Crippen LogP contribution in [0.15, 0.2) is 53.4 Å². The monoisotopic (exact) mass is 274 g/mol. The second-order valence-electron chi connectivity index (χ2n) is 4.21. The molecule has 0 aliphatic carbocycles. The van der Waals surface area contributed by atoms with Crippen molar-refractivity contribution in [3.63, 3.8) is 0 Å². The zero-order valence-electron chi connectivity index (χ0n) is 10.7. The second kappa shape index (κ2) is 6.53. The number of benzene rings is 2. The minimum atomic E-state index is -0.439. The van der Waals surface area contributed by atoms with E-state index in [4.69, 9.17) is 0 Å². The summed E-state index contributed by atoms with van der Waals surface area (Å²) in [5, 5.41) is 0. The van der Waals surface area contributed by atoms with E-state index in [2.05, 4.69) is 0 Å². The molecule has 0 saturated carbocycles. The average Bonchev–Trinajstić information content (AvgIpc) is 2.45. The number of carbonyl (C=O) groups excluding carboxylic acids is 1. The van der Waals surface area contributed by atoms with Crippen molar-refractivity contribution in [1.82, 2.24) is 0 Å². The molecular weight excluding hydrogens is 259 g/mol. The quantitative estimate of drug-likeness (QED) is 0.595. The molecule has 2 rings (SSSR count). The molecule has 3 heteroatoms. The van der Waals surface area contributed by atoms with Crippen molar-refractivity contribution in [3.8, 4) is 0 Å². The van der Waals surface area contributed by atoms with Crippen molar-refractivity contribution in [2.45, 2.75) is 17.7 Å². The highest BCUT2D eigenvalue weighted by atomic mass is 32.2. The first-order valence-electron chi connectivity index (χ1n) is 6.12. The van der Waals surface area contributed by atoms with Gasteiger partial charge >= 0.3 is 0 Å². The molecule has 2 aromatic carbocycles. The van der Waals surface area contributed by atoms with Gasteiger partial charge < -0.3 is 0 Å². The molecule has 0 unspecified atom stereocenters. The number of thioether (sulfide) groups is 1. The van der Waals surface area contributed by atoms with Crippen LogP contribution >= 0.6 is 11.8 Å². The first kappa shape index (κ1) is 13.8. The third-order valence-corrected chi connectivity index (χ3v) is 3.83. The molecule has 0 aliphatic heterocycles. The summed E-state index contributed by atoms with van der Waals surface area (Å²) < 4.78 is 13.5.